The molecule has 0 spiro atoms. The summed E-state index contributed by atoms with van der Waals surface area (Å²) < 4.78 is 12.9. The third-order valence-corrected chi connectivity index (χ3v) is 10.3. The molecular weight excluding hydrogens is 553 g/mol. The SMILES string of the molecule is CP(C)(=O)c1cccc(-c2ccc(-c3cccc(-c4cc5nc6ccccc6cc5c5ccccc45)c3)c3ccccc23)c1. The summed E-state index contributed by atoms with van der Waals surface area (Å²) in [5, 5.41) is 8.04. The summed E-state index contributed by atoms with van der Waals surface area (Å²) in [5.74, 6) is 0. The number of para-hydroxylation sites is 1. The first-order valence-electron chi connectivity index (χ1n) is 14.9. The topological polar surface area (TPSA) is 30.0 Å². The number of fused-ring (bicyclic) bond motifs is 5. The van der Waals surface area contributed by atoms with Gasteiger partial charge in [-0.15, -0.1) is 0 Å². The molecule has 8 rings (SSSR count). The first kappa shape index (κ1) is 26.6. The lowest BCUT2D eigenvalue weighted by Gasteiger charge is -2.15. The molecule has 0 N–H and O–H groups in total. The van der Waals surface area contributed by atoms with E-state index in [2.05, 4.69) is 127 Å². The van der Waals surface area contributed by atoms with Crippen LogP contribution >= 0.6 is 7.14 Å². The molecule has 3 heteroatoms. The zero-order valence-electron chi connectivity index (χ0n) is 24.7. The van der Waals surface area contributed by atoms with E-state index in [0.717, 1.165) is 38.4 Å². The molecule has 0 amide bonds. The van der Waals surface area contributed by atoms with Crippen molar-refractivity contribution in [1.29, 1.82) is 0 Å². The number of hydrogen-bond donors (Lipinski definition) is 0. The van der Waals surface area contributed by atoms with Crippen LogP contribution in [0.3, 0.4) is 0 Å². The molecule has 2 nitrogen and oxygen atoms in total. The number of nitrogens with zero attached hydrogens (tertiary/aromatic N) is 1. The average Bonchev–Trinajstić information content (AvgIpc) is 3.06. The standard InChI is InChI=1S/C41H30NOP/c1-44(2,43)31-15-10-14-29(24-31)33-22-21-32(34-16-4-5-17-35(33)34)27-12-9-13-28(23-27)38-26-41-39(37-19-7-6-18-36(37)38)25-30-11-3-8-20-40(30)42-41/h3-26H,1-2H3. The summed E-state index contributed by atoms with van der Waals surface area (Å²) in [6, 6.07) is 51.6. The minimum absolute atomic E-state index is 0.904. The molecule has 44 heavy (non-hydrogen) atoms. The van der Waals surface area contributed by atoms with Gasteiger partial charge in [0.1, 0.15) is 7.14 Å². The summed E-state index contributed by atoms with van der Waals surface area (Å²) in [4.78, 5) is 5.08. The van der Waals surface area contributed by atoms with E-state index in [9.17, 15) is 4.57 Å². The fraction of sp³-hybridized carbons (Fsp3) is 0.0488. The number of pyridine rings is 1. The van der Waals surface area contributed by atoms with Crippen LogP contribution in [0.5, 0.6) is 0 Å². The molecule has 0 saturated heterocycles. The van der Waals surface area contributed by atoms with Crippen molar-refractivity contribution in [3.63, 3.8) is 0 Å². The minimum Gasteiger partial charge on any atom is -0.319 e. The normalized spacial score (nSPS) is 12.0. The van der Waals surface area contributed by atoms with Gasteiger partial charge in [-0.1, -0.05) is 115 Å². The van der Waals surface area contributed by atoms with E-state index in [0.29, 0.717) is 0 Å². The molecule has 0 atom stereocenters. The Labute approximate surface area is 257 Å². The van der Waals surface area contributed by atoms with E-state index in [1.165, 1.54) is 43.6 Å². The third kappa shape index (κ3) is 4.51. The van der Waals surface area contributed by atoms with Crippen LogP contribution in [0, 0.1) is 0 Å². The predicted octanol–water partition coefficient (Wildman–Crippen LogP) is 10.9. The van der Waals surface area contributed by atoms with Gasteiger partial charge in [-0.25, -0.2) is 4.98 Å². The Hall–Kier alpha value is -5.04. The molecule has 0 unspecified atom stereocenters. The Morgan fingerprint density at radius 3 is 1.66 bits per heavy atom. The van der Waals surface area contributed by atoms with Crippen molar-refractivity contribution in [2.75, 3.05) is 13.3 Å². The monoisotopic (exact) mass is 583 g/mol. The second-order valence-electron chi connectivity index (χ2n) is 11.9. The summed E-state index contributed by atoms with van der Waals surface area (Å²) in [5.41, 5.74) is 8.95. The Bertz CT molecular complexity index is 2450. The van der Waals surface area contributed by atoms with Gasteiger partial charge in [-0.3, -0.25) is 0 Å². The van der Waals surface area contributed by atoms with Crippen LogP contribution in [0.15, 0.2) is 146 Å². The van der Waals surface area contributed by atoms with Crippen LogP contribution in [-0.2, 0) is 4.57 Å². The van der Waals surface area contributed by atoms with Crippen molar-refractivity contribution >= 4 is 55.8 Å². The van der Waals surface area contributed by atoms with E-state index in [4.69, 9.17) is 4.98 Å². The molecule has 1 aromatic heterocycles. The molecule has 0 saturated carbocycles. The maximum atomic E-state index is 12.9. The first-order chi connectivity index (χ1) is 21.4. The maximum Gasteiger partial charge on any atom is 0.109 e. The third-order valence-electron chi connectivity index (χ3n) is 8.73. The molecule has 0 aliphatic carbocycles. The largest absolute Gasteiger partial charge is 0.319 e. The van der Waals surface area contributed by atoms with Crippen molar-refractivity contribution in [2.24, 2.45) is 0 Å². The van der Waals surface area contributed by atoms with Gasteiger partial charge in [-0.05, 0) is 98.6 Å². The summed E-state index contributed by atoms with van der Waals surface area (Å²) in [6.07, 6.45) is 0. The van der Waals surface area contributed by atoms with Crippen LogP contribution in [0.1, 0.15) is 0 Å². The van der Waals surface area contributed by atoms with E-state index in [1.807, 2.05) is 31.5 Å². The predicted molar refractivity (Wildman–Crippen MR) is 190 cm³/mol. The van der Waals surface area contributed by atoms with E-state index in [-0.39, 0.29) is 0 Å². The van der Waals surface area contributed by atoms with Gasteiger partial charge >= 0.3 is 0 Å². The summed E-state index contributed by atoms with van der Waals surface area (Å²) >= 11 is 0. The molecule has 210 valence electrons. The Kier molecular flexibility index (Phi) is 6.22. The van der Waals surface area contributed by atoms with Crippen LogP contribution in [0.2, 0.25) is 0 Å². The number of hydrogen-bond acceptors (Lipinski definition) is 2. The molecule has 1 heterocycles. The Morgan fingerprint density at radius 1 is 0.432 bits per heavy atom. The van der Waals surface area contributed by atoms with Gasteiger partial charge in [0.25, 0.3) is 0 Å². The van der Waals surface area contributed by atoms with Crippen LogP contribution in [-0.4, -0.2) is 18.3 Å². The lowest BCUT2D eigenvalue weighted by atomic mass is 9.90. The average molecular weight is 584 g/mol. The first-order valence-corrected chi connectivity index (χ1v) is 17.5. The molecule has 7 aromatic carbocycles. The second-order valence-corrected chi connectivity index (χ2v) is 15.1. The van der Waals surface area contributed by atoms with Crippen molar-refractivity contribution < 1.29 is 4.57 Å². The molecule has 0 aliphatic rings. The minimum atomic E-state index is -2.37. The smallest absolute Gasteiger partial charge is 0.109 e. The molecular formula is C41H30NOP. The van der Waals surface area contributed by atoms with Crippen molar-refractivity contribution in [3.05, 3.63) is 146 Å². The van der Waals surface area contributed by atoms with Gasteiger partial charge in [-0.2, -0.15) is 0 Å². The van der Waals surface area contributed by atoms with Gasteiger partial charge in [0.15, 0.2) is 0 Å². The Balaban J connectivity index is 1.30. The highest BCUT2D eigenvalue weighted by Crippen LogP contribution is 2.41. The van der Waals surface area contributed by atoms with E-state index in [1.54, 1.807) is 0 Å². The highest BCUT2D eigenvalue weighted by Gasteiger charge is 2.15. The summed E-state index contributed by atoms with van der Waals surface area (Å²) in [7, 11) is -2.37. The molecule has 0 radical (unpaired) electrons. The van der Waals surface area contributed by atoms with Gasteiger partial charge in [0.05, 0.1) is 11.0 Å². The van der Waals surface area contributed by atoms with E-state index < -0.39 is 7.14 Å². The molecule has 8 aromatic rings. The second kappa shape index (κ2) is 10.3. The number of aromatic nitrogens is 1. The highest BCUT2D eigenvalue weighted by atomic mass is 31.2. The van der Waals surface area contributed by atoms with Crippen LogP contribution in [0.25, 0.3) is 76.7 Å². The quantitative estimate of drug-likeness (QED) is 0.117. The van der Waals surface area contributed by atoms with Crippen molar-refractivity contribution in [2.45, 2.75) is 0 Å². The van der Waals surface area contributed by atoms with Crippen molar-refractivity contribution in [3.8, 4) is 33.4 Å². The fourth-order valence-electron chi connectivity index (χ4n) is 6.53. The fourth-order valence-corrected chi connectivity index (χ4v) is 7.42. The molecule has 0 fully saturated rings. The van der Waals surface area contributed by atoms with Crippen LogP contribution < -0.4 is 5.30 Å². The Morgan fingerprint density at radius 2 is 0.977 bits per heavy atom. The van der Waals surface area contributed by atoms with Gasteiger partial charge in [0.2, 0.25) is 0 Å². The van der Waals surface area contributed by atoms with Gasteiger partial charge < -0.3 is 4.57 Å². The highest BCUT2D eigenvalue weighted by molar-refractivity contribution is 7.70. The van der Waals surface area contributed by atoms with Crippen molar-refractivity contribution in [1.82, 2.24) is 4.98 Å². The lowest BCUT2D eigenvalue weighted by Crippen LogP contribution is -2.02. The zero-order chi connectivity index (χ0) is 29.8. The van der Waals surface area contributed by atoms with E-state index >= 15 is 0 Å². The maximum absolute atomic E-state index is 12.9. The summed E-state index contributed by atoms with van der Waals surface area (Å²) in [6.45, 7) is 3.66. The van der Waals surface area contributed by atoms with Crippen LogP contribution in [0.4, 0.5) is 0 Å². The number of rotatable bonds is 4. The molecule has 0 aliphatic heterocycles. The van der Waals surface area contributed by atoms with Gasteiger partial charge in [0, 0.05) is 16.1 Å². The zero-order valence-corrected chi connectivity index (χ0v) is 25.6. The lowest BCUT2D eigenvalue weighted by molar-refractivity contribution is 0.588. The molecule has 0 bridgehead atoms. The number of benzene rings is 7.